The molecule has 1 aromatic heterocycles. The van der Waals surface area contributed by atoms with E-state index in [1.807, 2.05) is 0 Å². The second kappa shape index (κ2) is 6.23. The average Bonchev–Trinajstić information content (AvgIpc) is 2.47. The minimum atomic E-state index is -1.20. The highest BCUT2D eigenvalue weighted by Gasteiger charge is 2.11. The molecular weight excluding hydrogens is 296 g/mol. The van der Waals surface area contributed by atoms with E-state index in [0.717, 1.165) is 0 Å². The van der Waals surface area contributed by atoms with Gasteiger partial charge in [-0.05, 0) is 30.3 Å². The summed E-state index contributed by atoms with van der Waals surface area (Å²) in [4.78, 5) is 26.5. The van der Waals surface area contributed by atoms with Crippen molar-refractivity contribution in [3.8, 4) is 5.75 Å². The molecule has 0 saturated carbocycles. The molecule has 2 N–H and O–H groups in total. The summed E-state index contributed by atoms with van der Waals surface area (Å²) >= 11 is 5.96. The fourth-order valence-electron chi connectivity index (χ4n) is 1.64. The lowest BCUT2D eigenvalue weighted by Crippen LogP contribution is -2.13. The molecule has 0 saturated heterocycles. The second-order valence-electron chi connectivity index (χ2n) is 4.04. The van der Waals surface area contributed by atoms with E-state index in [4.69, 9.17) is 21.4 Å². The molecular formula is C14H11ClN2O4. The van der Waals surface area contributed by atoms with Crippen molar-refractivity contribution in [1.82, 2.24) is 4.98 Å². The molecule has 1 amide bonds. The number of carboxylic acid groups (broad SMARTS) is 1. The van der Waals surface area contributed by atoms with Crippen LogP contribution in [0.2, 0.25) is 5.02 Å². The number of anilines is 1. The summed E-state index contributed by atoms with van der Waals surface area (Å²) in [5.74, 6) is -1.16. The van der Waals surface area contributed by atoms with E-state index in [2.05, 4.69) is 10.3 Å². The lowest BCUT2D eigenvalue weighted by molar-refractivity contribution is 0.0690. The summed E-state index contributed by atoms with van der Waals surface area (Å²) < 4.78 is 5.01. The van der Waals surface area contributed by atoms with E-state index < -0.39 is 11.9 Å². The van der Waals surface area contributed by atoms with Gasteiger partial charge in [-0.2, -0.15) is 0 Å². The van der Waals surface area contributed by atoms with E-state index in [1.54, 1.807) is 12.1 Å². The zero-order chi connectivity index (χ0) is 15.4. The number of hydrogen-bond donors (Lipinski definition) is 2. The Balaban J connectivity index is 2.20. The van der Waals surface area contributed by atoms with Gasteiger partial charge in [0, 0.05) is 17.4 Å². The van der Waals surface area contributed by atoms with Gasteiger partial charge in [-0.15, -0.1) is 0 Å². The summed E-state index contributed by atoms with van der Waals surface area (Å²) in [6.45, 7) is 0. The number of ether oxygens (including phenoxy) is 1. The number of methoxy groups -OCH3 is 1. The van der Waals surface area contributed by atoms with Gasteiger partial charge in [-0.25, -0.2) is 9.78 Å². The Morgan fingerprint density at radius 2 is 2.05 bits per heavy atom. The molecule has 0 bridgehead atoms. The molecule has 0 atom stereocenters. The second-order valence-corrected chi connectivity index (χ2v) is 4.45. The molecule has 0 aliphatic rings. The minimum Gasteiger partial charge on any atom is -0.495 e. The lowest BCUT2D eigenvalue weighted by Gasteiger charge is -2.08. The third kappa shape index (κ3) is 3.49. The topological polar surface area (TPSA) is 88.5 Å². The maximum absolute atomic E-state index is 12.0. The highest BCUT2D eigenvalue weighted by molar-refractivity contribution is 6.32. The molecule has 108 valence electrons. The third-order valence-corrected chi connectivity index (χ3v) is 2.95. The molecule has 7 heteroatoms. The van der Waals surface area contributed by atoms with E-state index in [-0.39, 0.29) is 11.3 Å². The number of nitrogens with zero attached hydrogens (tertiary/aromatic N) is 1. The number of benzene rings is 1. The first-order valence-corrected chi connectivity index (χ1v) is 6.23. The Kier molecular flexibility index (Phi) is 4.39. The van der Waals surface area contributed by atoms with Crippen LogP contribution < -0.4 is 10.1 Å². The van der Waals surface area contributed by atoms with Crippen LogP contribution in [-0.2, 0) is 0 Å². The molecule has 1 heterocycles. The summed E-state index contributed by atoms with van der Waals surface area (Å²) in [6.07, 6.45) is 1.26. The maximum atomic E-state index is 12.0. The van der Waals surface area contributed by atoms with Crippen molar-refractivity contribution in [1.29, 1.82) is 0 Å². The third-order valence-electron chi connectivity index (χ3n) is 2.65. The molecule has 0 aliphatic carbocycles. The van der Waals surface area contributed by atoms with Crippen molar-refractivity contribution in [2.45, 2.75) is 0 Å². The highest BCUT2D eigenvalue weighted by atomic mass is 35.5. The van der Waals surface area contributed by atoms with Gasteiger partial charge in [0.25, 0.3) is 5.91 Å². The van der Waals surface area contributed by atoms with Crippen LogP contribution in [0, 0.1) is 0 Å². The number of aromatic nitrogens is 1. The first kappa shape index (κ1) is 14.8. The summed E-state index contributed by atoms with van der Waals surface area (Å²) in [6, 6.07) is 7.41. The van der Waals surface area contributed by atoms with Gasteiger partial charge in [0.1, 0.15) is 11.4 Å². The smallest absolute Gasteiger partial charge is 0.354 e. The molecule has 0 spiro atoms. The Bertz CT molecular complexity index is 703. The highest BCUT2D eigenvalue weighted by Crippen LogP contribution is 2.27. The van der Waals surface area contributed by atoms with Crippen LogP contribution in [0.1, 0.15) is 20.8 Å². The first-order valence-electron chi connectivity index (χ1n) is 5.85. The van der Waals surface area contributed by atoms with Crippen LogP contribution in [0.25, 0.3) is 0 Å². The average molecular weight is 307 g/mol. The predicted octanol–water partition coefficient (Wildman–Crippen LogP) is 2.69. The van der Waals surface area contributed by atoms with Crippen LogP contribution in [0.4, 0.5) is 5.69 Å². The lowest BCUT2D eigenvalue weighted by atomic mass is 10.2. The standard InChI is InChI=1S/C14H11ClN2O4/c1-21-12-3-2-9(7-10(12)15)17-13(18)8-4-5-16-11(6-8)14(19)20/h2-7H,1H3,(H,17,18)(H,19,20). The number of rotatable bonds is 4. The molecule has 1 aromatic carbocycles. The summed E-state index contributed by atoms with van der Waals surface area (Å²) in [5.41, 5.74) is 0.462. The van der Waals surface area contributed by atoms with Crippen LogP contribution in [-0.4, -0.2) is 29.1 Å². The van der Waals surface area contributed by atoms with Crippen molar-refractivity contribution < 1.29 is 19.4 Å². The molecule has 0 fully saturated rings. The quantitative estimate of drug-likeness (QED) is 0.906. The molecule has 0 aliphatic heterocycles. The zero-order valence-corrected chi connectivity index (χ0v) is 11.7. The van der Waals surface area contributed by atoms with Crippen LogP contribution in [0.15, 0.2) is 36.5 Å². The van der Waals surface area contributed by atoms with Crippen molar-refractivity contribution >= 4 is 29.2 Å². The number of aromatic carboxylic acids is 1. The first-order chi connectivity index (χ1) is 10.0. The number of amides is 1. The molecule has 6 nitrogen and oxygen atoms in total. The minimum absolute atomic E-state index is 0.189. The van der Waals surface area contributed by atoms with Gasteiger partial charge in [-0.1, -0.05) is 11.6 Å². The fourth-order valence-corrected chi connectivity index (χ4v) is 1.89. The molecule has 0 unspecified atom stereocenters. The van der Waals surface area contributed by atoms with Gasteiger partial charge >= 0.3 is 5.97 Å². The van der Waals surface area contributed by atoms with E-state index in [0.29, 0.717) is 16.5 Å². The van der Waals surface area contributed by atoms with Gasteiger partial charge in [0.05, 0.1) is 12.1 Å². The van der Waals surface area contributed by atoms with E-state index in [1.165, 1.54) is 31.5 Å². The number of carboxylic acids is 1. The van der Waals surface area contributed by atoms with Crippen LogP contribution >= 0.6 is 11.6 Å². The Morgan fingerprint density at radius 3 is 2.67 bits per heavy atom. The van der Waals surface area contributed by atoms with E-state index in [9.17, 15) is 9.59 Å². The molecule has 2 aromatic rings. The maximum Gasteiger partial charge on any atom is 0.354 e. The van der Waals surface area contributed by atoms with Crippen molar-refractivity contribution in [3.05, 3.63) is 52.8 Å². The van der Waals surface area contributed by atoms with Gasteiger partial charge in [-0.3, -0.25) is 4.79 Å². The molecule has 2 rings (SSSR count). The van der Waals surface area contributed by atoms with Gasteiger partial charge in [0.2, 0.25) is 0 Å². The largest absolute Gasteiger partial charge is 0.495 e. The van der Waals surface area contributed by atoms with Gasteiger partial charge < -0.3 is 15.2 Å². The normalized spacial score (nSPS) is 10.0. The van der Waals surface area contributed by atoms with Crippen LogP contribution in [0.3, 0.4) is 0 Å². The monoisotopic (exact) mass is 306 g/mol. The number of halogens is 1. The van der Waals surface area contributed by atoms with Crippen molar-refractivity contribution in [2.24, 2.45) is 0 Å². The summed E-state index contributed by atoms with van der Waals surface area (Å²) in [7, 11) is 1.49. The number of carbonyl (C=O) groups excluding carboxylic acids is 1. The Labute approximate surface area is 125 Å². The van der Waals surface area contributed by atoms with Gasteiger partial charge in [0.15, 0.2) is 0 Å². The Hall–Kier alpha value is -2.60. The van der Waals surface area contributed by atoms with E-state index >= 15 is 0 Å². The number of nitrogens with one attached hydrogen (secondary N) is 1. The van der Waals surface area contributed by atoms with Crippen LogP contribution in [0.5, 0.6) is 5.75 Å². The molecule has 21 heavy (non-hydrogen) atoms. The number of hydrogen-bond acceptors (Lipinski definition) is 4. The zero-order valence-electron chi connectivity index (χ0n) is 11.0. The molecule has 0 radical (unpaired) electrons. The SMILES string of the molecule is COc1ccc(NC(=O)c2ccnc(C(=O)O)c2)cc1Cl. The number of pyridine rings is 1. The predicted molar refractivity (Wildman–Crippen MR) is 77.2 cm³/mol. The summed E-state index contributed by atoms with van der Waals surface area (Å²) in [5, 5.41) is 11.8. The fraction of sp³-hybridized carbons (Fsp3) is 0.0714. The van der Waals surface area contributed by atoms with Crippen molar-refractivity contribution in [2.75, 3.05) is 12.4 Å². The number of carbonyl (C=O) groups is 2. The Morgan fingerprint density at radius 1 is 1.29 bits per heavy atom. The van der Waals surface area contributed by atoms with Crippen molar-refractivity contribution in [3.63, 3.8) is 0 Å².